The fraction of sp³-hybridized carbons (Fsp3) is 0.182. The predicted octanol–water partition coefficient (Wildman–Crippen LogP) is 6.29. The van der Waals surface area contributed by atoms with Gasteiger partial charge in [0.15, 0.2) is 0 Å². The number of hydrogen-bond acceptors (Lipinski definition) is 0. The SMILES string of the molecule is CCCC(c1ccccc1)c1ccccc1-c1ccccc1. The van der Waals surface area contributed by atoms with Crippen molar-refractivity contribution in [2.24, 2.45) is 0 Å². The maximum Gasteiger partial charge on any atom is 0.00953 e. The normalized spacial score (nSPS) is 12.0. The van der Waals surface area contributed by atoms with Gasteiger partial charge in [0, 0.05) is 5.92 Å². The Bertz CT molecular complexity index is 698. The topological polar surface area (TPSA) is 0 Å². The molecule has 3 aromatic rings. The van der Waals surface area contributed by atoms with Gasteiger partial charge in [-0.05, 0) is 28.7 Å². The van der Waals surface area contributed by atoms with Gasteiger partial charge in [-0.3, -0.25) is 0 Å². The van der Waals surface area contributed by atoms with E-state index in [4.69, 9.17) is 0 Å². The Kier molecular flexibility index (Phi) is 4.70. The van der Waals surface area contributed by atoms with Gasteiger partial charge in [0.25, 0.3) is 0 Å². The first-order chi connectivity index (χ1) is 10.9. The summed E-state index contributed by atoms with van der Waals surface area (Å²) in [6.45, 7) is 2.26. The Balaban J connectivity index is 2.09. The second-order valence-corrected chi connectivity index (χ2v) is 5.71. The predicted molar refractivity (Wildman–Crippen MR) is 95.1 cm³/mol. The Morgan fingerprint density at radius 2 is 1.27 bits per heavy atom. The van der Waals surface area contributed by atoms with Crippen molar-refractivity contribution in [2.75, 3.05) is 0 Å². The van der Waals surface area contributed by atoms with Crippen LogP contribution in [-0.4, -0.2) is 0 Å². The molecular formula is C22H22. The third-order valence-electron chi connectivity index (χ3n) is 4.20. The van der Waals surface area contributed by atoms with Gasteiger partial charge in [-0.2, -0.15) is 0 Å². The van der Waals surface area contributed by atoms with Crippen molar-refractivity contribution in [2.45, 2.75) is 25.7 Å². The van der Waals surface area contributed by atoms with Crippen molar-refractivity contribution >= 4 is 0 Å². The summed E-state index contributed by atoms with van der Waals surface area (Å²) in [5, 5.41) is 0. The molecule has 0 saturated heterocycles. The maximum atomic E-state index is 2.29. The fourth-order valence-corrected chi connectivity index (χ4v) is 3.16. The lowest BCUT2D eigenvalue weighted by atomic mass is 9.83. The molecule has 0 aliphatic rings. The molecule has 0 bridgehead atoms. The number of benzene rings is 3. The van der Waals surface area contributed by atoms with E-state index >= 15 is 0 Å². The van der Waals surface area contributed by atoms with Gasteiger partial charge < -0.3 is 0 Å². The lowest BCUT2D eigenvalue weighted by molar-refractivity contribution is 0.699. The molecule has 0 aliphatic heterocycles. The number of hydrogen-bond donors (Lipinski definition) is 0. The minimum atomic E-state index is 0.461. The van der Waals surface area contributed by atoms with Crippen molar-refractivity contribution in [1.29, 1.82) is 0 Å². The zero-order valence-corrected chi connectivity index (χ0v) is 13.1. The van der Waals surface area contributed by atoms with Gasteiger partial charge >= 0.3 is 0 Å². The molecule has 0 heteroatoms. The summed E-state index contributed by atoms with van der Waals surface area (Å²) in [5.41, 5.74) is 5.50. The molecular weight excluding hydrogens is 264 g/mol. The lowest BCUT2D eigenvalue weighted by Gasteiger charge is -2.21. The zero-order valence-electron chi connectivity index (χ0n) is 13.1. The van der Waals surface area contributed by atoms with E-state index in [-0.39, 0.29) is 0 Å². The minimum Gasteiger partial charge on any atom is -0.0653 e. The van der Waals surface area contributed by atoms with Gasteiger partial charge in [-0.25, -0.2) is 0 Å². The molecule has 0 heterocycles. The first-order valence-electron chi connectivity index (χ1n) is 8.09. The highest BCUT2D eigenvalue weighted by molar-refractivity contribution is 5.68. The minimum absolute atomic E-state index is 0.461. The molecule has 0 N–H and O–H groups in total. The van der Waals surface area contributed by atoms with Crippen LogP contribution in [0, 0.1) is 0 Å². The highest BCUT2D eigenvalue weighted by Gasteiger charge is 2.16. The average Bonchev–Trinajstić information content (AvgIpc) is 2.61. The van der Waals surface area contributed by atoms with E-state index in [0.717, 1.165) is 0 Å². The summed E-state index contributed by atoms with van der Waals surface area (Å²) in [4.78, 5) is 0. The van der Waals surface area contributed by atoms with E-state index < -0.39 is 0 Å². The molecule has 0 spiro atoms. The van der Waals surface area contributed by atoms with Gasteiger partial charge in [-0.1, -0.05) is 98.3 Å². The van der Waals surface area contributed by atoms with Crippen molar-refractivity contribution in [3.63, 3.8) is 0 Å². The van der Waals surface area contributed by atoms with Crippen LogP contribution in [0.15, 0.2) is 84.9 Å². The van der Waals surface area contributed by atoms with E-state index in [2.05, 4.69) is 91.9 Å². The quantitative estimate of drug-likeness (QED) is 0.517. The molecule has 0 saturated carbocycles. The van der Waals surface area contributed by atoms with Crippen LogP contribution < -0.4 is 0 Å². The van der Waals surface area contributed by atoms with E-state index in [1.54, 1.807) is 0 Å². The Morgan fingerprint density at radius 1 is 0.682 bits per heavy atom. The van der Waals surface area contributed by atoms with Crippen LogP contribution in [0.1, 0.15) is 36.8 Å². The van der Waals surface area contributed by atoms with Crippen LogP contribution in [0.3, 0.4) is 0 Å². The molecule has 3 rings (SSSR count). The monoisotopic (exact) mass is 286 g/mol. The molecule has 0 amide bonds. The summed E-state index contributed by atoms with van der Waals surface area (Å²) in [6, 6.07) is 30.4. The standard InChI is InChI=1S/C22H22/c1-2-11-20(18-12-5-3-6-13-18)22-17-10-9-16-21(22)19-14-7-4-8-15-19/h3-10,12-17,20H,2,11H2,1H3. The molecule has 0 aromatic heterocycles. The largest absolute Gasteiger partial charge is 0.0653 e. The Labute approximate surface area is 133 Å². The fourth-order valence-electron chi connectivity index (χ4n) is 3.16. The molecule has 0 fully saturated rings. The van der Waals surface area contributed by atoms with E-state index in [1.165, 1.54) is 35.1 Å². The van der Waals surface area contributed by atoms with Crippen LogP contribution in [0.2, 0.25) is 0 Å². The summed E-state index contributed by atoms with van der Waals surface area (Å²) in [7, 11) is 0. The van der Waals surface area contributed by atoms with Crippen LogP contribution in [0.25, 0.3) is 11.1 Å². The molecule has 0 aliphatic carbocycles. The smallest absolute Gasteiger partial charge is 0.00953 e. The summed E-state index contributed by atoms with van der Waals surface area (Å²) in [5.74, 6) is 0.461. The van der Waals surface area contributed by atoms with E-state index in [1.807, 2.05) is 0 Å². The Hall–Kier alpha value is -2.34. The van der Waals surface area contributed by atoms with Crippen molar-refractivity contribution in [1.82, 2.24) is 0 Å². The first-order valence-corrected chi connectivity index (χ1v) is 8.09. The molecule has 22 heavy (non-hydrogen) atoms. The molecule has 1 atom stereocenters. The van der Waals surface area contributed by atoms with Crippen molar-refractivity contribution < 1.29 is 0 Å². The van der Waals surface area contributed by atoms with Crippen molar-refractivity contribution in [3.05, 3.63) is 96.1 Å². The Morgan fingerprint density at radius 3 is 1.95 bits per heavy atom. The summed E-state index contributed by atoms with van der Waals surface area (Å²) < 4.78 is 0. The van der Waals surface area contributed by atoms with Crippen LogP contribution >= 0.6 is 0 Å². The first kappa shape index (κ1) is 14.6. The third-order valence-corrected chi connectivity index (χ3v) is 4.20. The van der Waals surface area contributed by atoms with Crippen molar-refractivity contribution in [3.8, 4) is 11.1 Å². The molecule has 3 aromatic carbocycles. The van der Waals surface area contributed by atoms with Crippen LogP contribution in [0.4, 0.5) is 0 Å². The summed E-state index contributed by atoms with van der Waals surface area (Å²) in [6.07, 6.45) is 2.36. The average molecular weight is 286 g/mol. The molecule has 1 unspecified atom stereocenters. The lowest BCUT2D eigenvalue weighted by Crippen LogP contribution is -2.03. The highest BCUT2D eigenvalue weighted by atomic mass is 14.2. The summed E-state index contributed by atoms with van der Waals surface area (Å²) >= 11 is 0. The highest BCUT2D eigenvalue weighted by Crippen LogP contribution is 2.35. The second kappa shape index (κ2) is 7.09. The molecule has 0 radical (unpaired) electrons. The van der Waals surface area contributed by atoms with Gasteiger partial charge in [0.1, 0.15) is 0 Å². The molecule has 0 nitrogen and oxygen atoms in total. The maximum absolute atomic E-state index is 2.29. The van der Waals surface area contributed by atoms with Gasteiger partial charge in [-0.15, -0.1) is 0 Å². The zero-order chi connectivity index (χ0) is 15.2. The van der Waals surface area contributed by atoms with E-state index in [0.29, 0.717) is 5.92 Å². The van der Waals surface area contributed by atoms with Gasteiger partial charge in [0.2, 0.25) is 0 Å². The van der Waals surface area contributed by atoms with Crippen LogP contribution in [0.5, 0.6) is 0 Å². The number of rotatable bonds is 5. The second-order valence-electron chi connectivity index (χ2n) is 5.71. The third kappa shape index (κ3) is 3.12. The van der Waals surface area contributed by atoms with Gasteiger partial charge in [0.05, 0.1) is 0 Å². The molecule has 110 valence electrons. The van der Waals surface area contributed by atoms with Crippen LogP contribution in [-0.2, 0) is 0 Å². The van der Waals surface area contributed by atoms with E-state index in [9.17, 15) is 0 Å².